The van der Waals surface area contributed by atoms with E-state index in [0.29, 0.717) is 16.6 Å². The minimum Gasteiger partial charge on any atom is -0.296 e. The van der Waals surface area contributed by atoms with E-state index in [0.717, 1.165) is 11.4 Å². The molecule has 4 nitrogen and oxygen atoms in total. The number of nitrogens with zero attached hydrogens (tertiary/aromatic N) is 2. The summed E-state index contributed by atoms with van der Waals surface area (Å²) in [6, 6.07) is 7.69. The van der Waals surface area contributed by atoms with Gasteiger partial charge in [-0.2, -0.15) is 0 Å². The Hall–Kier alpha value is -1.75. The van der Waals surface area contributed by atoms with E-state index in [4.69, 9.17) is 0 Å². The zero-order chi connectivity index (χ0) is 15.4. The van der Waals surface area contributed by atoms with Gasteiger partial charge in [0.25, 0.3) is 5.91 Å². The molecule has 3 rings (SSSR count). The molecule has 1 amide bonds. The van der Waals surface area contributed by atoms with E-state index in [1.54, 1.807) is 0 Å². The van der Waals surface area contributed by atoms with Crippen molar-refractivity contribution in [1.29, 1.82) is 0 Å². The molecule has 1 N–H and O–H groups in total. The number of aromatic nitrogens is 2. The maximum atomic E-state index is 12.2. The van der Waals surface area contributed by atoms with E-state index in [-0.39, 0.29) is 5.91 Å². The number of anilines is 1. The summed E-state index contributed by atoms with van der Waals surface area (Å²) in [5.41, 5.74) is 1.89. The van der Waals surface area contributed by atoms with E-state index >= 15 is 0 Å². The molecule has 0 saturated heterocycles. The molecule has 0 atom stereocenters. The second-order valence-electron chi connectivity index (χ2n) is 5.78. The summed E-state index contributed by atoms with van der Waals surface area (Å²) in [6.45, 7) is 2.10. The summed E-state index contributed by atoms with van der Waals surface area (Å²) in [7, 11) is 0. The third-order valence-corrected chi connectivity index (χ3v) is 5.24. The third kappa shape index (κ3) is 3.53. The summed E-state index contributed by atoms with van der Waals surface area (Å²) < 4.78 is 0. The van der Waals surface area contributed by atoms with Crippen LogP contribution in [-0.2, 0) is 6.42 Å². The summed E-state index contributed by atoms with van der Waals surface area (Å²) in [5.74, 6) is 0.412. The molecular weight excluding hydrogens is 294 g/mol. The molecule has 1 heterocycles. The van der Waals surface area contributed by atoms with Gasteiger partial charge in [-0.1, -0.05) is 49.7 Å². The first kappa shape index (κ1) is 15.2. The van der Waals surface area contributed by atoms with Crippen molar-refractivity contribution in [2.24, 2.45) is 0 Å². The number of hydrogen-bond donors (Lipinski definition) is 1. The highest BCUT2D eigenvalue weighted by Gasteiger charge is 2.20. The number of amides is 1. The van der Waals surface area contributed by atoms with Crippen molar-refractivity contribution in [2.75, 3.05) is 5.32 Å². The maximum absolute atomic E-state index is 12.2. The molecule has 1 fully saturated rings. The molecule has 0 bridgehead atoms. The number of aryl methyl sites for hydroxylation is 1. The standard InChI is InChI=1S/C17H21N3OS/c1-2-12-8-10-13(11-9-12)15(21)18-17-20-19-16(22-17)14-6-4-3-5-7-14/h8-11,14H,2-7H2,1H3,(H,18,20,21). The van der Waals surface area contributed by atoms with Crippen LogP contribution in [0, 0.1) is 0 Å². The van der Waals surface area contributed by atoms with Crippen molar-refractivity contribution in [2.45, 2.75) is 51.4 Å². The Labute approximate surface area is 135 Å². The summed E-state index contributed by atoms with van der Waals surface area (Å²) in [6.07, 6.45) is 7.24. The van der Waals surface area contributed by atoms with Crippen molar-refractivity contribution in [1.82, 2.24) is 10.2 Å². The molecule has 0 radical (unpaired) electrons. The van der Waals surface area contributed by atoms with Gasteiger partial charge in [0.1, 0.15) is 5.01 Å². The Bertz CT molecular complexity index is 630. The van der Waals surface area contributed by atoms with Crippen LogP contribution in [0.25, 0.3) is 0 Å². The summed E-state index contributed by atoms with van der Waals surface area (Å²) in [4.78, 5) is 12.2. The molecule has 1 saturated carbocycles. The van der Waals surface area contributed by atoms with Gasteiger partial charge in [-0.25, -0.2) is 0 Å². The zero-order valence-corrected chi connectivity index (χ0v) is 13.7. The molecule has 0 unspecified atom stereocenters. The summed E-state index contributed by atoms with van der Waals surface area (Å²) in [5, 5.41) is 12.9. The highest BCUT2D eigenvalue weighted by molar-refractivity contribution is 7.15. The maximum Gasteiger partial charge on any atom is 0.257 e. The van der Waals surface area contributed by atoms with Crippen LogP contribution in [0.15, 0.2) is 24.3 Å². The van der Waals surface area contributed by atoms with Gasteiger partial charge in [-0.05, 0) is 37.0 Å². The van der Waals surface area contributed by atoms with Crippen LogP contribution in [-0.4, -0.2) is 16.1 Å². The van der Waals surface area contributed by atoms with Crippen LogP contribution < -0.4 is 5.32 Å². The van der Waals surface area contributed by atoms with Gasteiger partial charge in [-0.15, -0.1) is 10.2 Å². The second kappa shape index (κ2) is 7.01. The quantitative estimate of drug-likeness (QED) is 0.909. The van der Waals surface area contributed by atoms with E-state index < -0.39 is 0 Å². The SMILES string of the molecule is CCc1ccc(C(=O)Nc2nnc(C3CCCCC3)s2)cc1. The Balaban J connectivity index is 1.64. The predicted molar refractivity (Wildman–Crippen MR) is 89.5 cm³/mol. The predicted octanol–water partition coefficient (Wildman–Crippen LogP) is 4.40. The lowest BCUT2D eigenvalue weighted by Crippen LogP contribution is -2.11. The lowest BCUT2D eigenvalue weighted by Gasteiger charge is -2.18. The first-order valence-corrected chi connectivity index (χ1v) is 8.81. The normalized spacial score (nSPS) is 15.7. The van der Waals surface area contributed by atoms with Gasteiger partial charge < -0.3 is 0 Å². The average molecular weight is 315 g/mol. The Morgan fingerprint density at radius 3 is 2.59 bits per heavy atom. The molecule has 1 aliphatic rings. The largest absolute Gasteiger partial charge is 0.296 e. The minimum atomic E-state index is -0.117. The molecule has 1 aromatic carbocycles. The number of rotatable bonds is 4. The lowest BCUT2D eigenvalue weighted by atomic mass is 9.90. The smallest absolute Gasteiger partial charge is 0.257 e. The van der Waals surface area contributed by atoms with Crippen molar-refractivity contribution in [3.8, 4) is 0 Å². The fourth-order valence-corrected chi connectivity index (χ4v) is 3.77. The van der Waals surface area contributed by atoms with Crippen LogP contribution in [0.1, 0.15) is 65.9 Å². The van der Waals surface area contributed by atoms with Crippen LogP contribution in [0.3, 0.4) is 0 Å². The zero-order valence-electron chi connectivity index (χ0n) is 12.8. The lowest BCUT2D eigenvalue weighted by molar-refractivity contribution is 0.102. The van der Waals surface area contributed by atoms with Gasteiger partial charge in [0.05, 0.1) is 0 Å². The Morgan fingerprint density at radius 2 is 1.91 bits per heavy atom. The molecule has 1 aliphatic carbocycles. The van der Waals surface area contributed by atoms with E-state index in [2.05, 4.69) is 22.4 Å². The molecule has 5 heteroatoms. The molecule has 0 spiro atoms. The van der Waals surface area contributed by atoms with Crippen LogP contribution in [0.4, 0.5) is 5.13 Å². The van der Waals surface area contributed by atoms with E-state index in [9.17, 15) is 4.79 Å². The van der Waals surface area contributed by atoms with E-state index in [1.165, 1.54) is 49.0 Å². The first-order valence-electron chi connectivity index (χ1n) is 8.00. The average Bonchev–Trinajstić information content (AvgIpc) is 3.04. The molecule has 1 aromatic heterocycles. The number of hydrogen-bond acceptors (Lipinski definition) is 4. The van der Waals surface area contributed by atoms with Gasteiger partial charge >= 0.3 is 0 Å². The molecule has 22 heavy (non-hydrogen) atoms. The van der Waals surface area contributed by atoms with Gasteiger partial charge in [0.2, 0.25) is 5.13 Å². The van der Waals surface area contributed by atoms with Crippen molar-refractivity contribution >= 4 is 22.4 Å². The van der Waals surface area contributed by atoms with Crippen LogP contribution >= 0.6 is 11.3 Å². The van der Waals surface area contributed by atoms with Gasteiger partial charge in [0, 0.05) is 11.5 Å². The number of carbonyl (C=O) groups excluding carboxylic acids is 1. The van der Waals surface area contributed by atoms with Crippen molar-refractivity contribution < 1.29 is 4.79 Å². The molecule has 2 aromatic rings. The van der Waals surface area contributed by atoms with Crippen LogP contribution in [0.5, 0.6) is 0 Å². The third-order valence-electron chi connectivity index (χ3n) is 4.24. The fourth-order valence-electron chi connectivity index (χ4n) is 2.86. The Morgan fingerprint density at radius 1 is 1.18 bits per heavy atom. The second-order valence-corrected chi connectivity index (χ2v) is 6.79. The number of benzene rings is 1. The first-order chi connectivity index (χ1) is 10.8. The van der Waals surface area contributed by atoms with Gasteiger partial charge in [-0.3, -0.25) is 10.1 Å². The van der Waals surface area contributed by atoms with Gasteiger partial charge in [0.15, 0.2) is 0 Å². The number of nitrogens with one attached hydrogen (secondary N) is 1. The monoisotopic (exact) mass is 315 g/mol. The van der Waals surface area contributed by atoms with Crippen LogP contribution in [0.2, 0.25) is 0 Å². The fraction of sp³-hybridized carbons (Fsp3) is 0.471. The molecular formula is C17H21N3OS. The number of carbonyl (C=O) groups is 1. The highest BCUT2D eigenvalue weighted by atomic mass is 32.1. The van der Waals surface area contributed by atoms with Crippen molar-refractivity contribution in [3.63, 3.8) is 0 Å². The van der Waals surface area contributed by atoms with E-state index in [1.807, 2.05) is 24.3 Å². The molecule has 116 valence electrons. The topological polar surface area (TPSA) is 54.9 Å². The molecule has 0 aliphatic heterocycles. The summed E-state index contributed by atoms with van der Waals surface area (Å²) >= 11 is 1.52. The highest BCUT2D eigenvalue weighted by Crippen LogP contribution is 2.35. The van der Waals surface area contributed by atoms with Crippen molar-refractivity contribution in [3.05, 3.63) is 40.4 Å². The minimum absolute atomic E-state index is 0.117. The Kier molecular flexibility index (Phi) is 4.83.